The van der Waals surface area contributed by atoms with Gasteiger partial charge in [0.15, 0.2) is 10.9 Å². The molecule has 1 atom stereocenters. The van der Waals surface area contributed by atoms with Crippen LogP contribution >= 0.6 is 12.2 Å². The first kappa shape index (κ1) is 19.6. The van der Waals surface area contributed by atoms with Crippen molar-refractivity contribution in [3.8, 4) is 6.07 Å². The number of nitrogens with one attached hydrogen (secondary N) is 2. The summed E-state index contributed by atoms with van der Waals surface area (Å²) >= 11 is 5.54. The normalized spacial score (nSPS) is 16.6. The van der Waals surface area contributed by atoms with Gasteiger partial charge in [0.25, 0.3) is 5.91 Å². The van der Waals surface area contributed by atoms with Crippen LogP contribution in [0.15, 0.2) is 46.1 Å². The van der Waals surface area contributed by atoms with Crippen molar-refractivity contribution in [3.05, 3.63) is 58.5 Å². The van der Waals surface area contributed by atoms with Crippen LogP contribution in [0.4, 0.5) is 5.82 Å². The summed E-state index contributed by atoms with van der Waals surface area (Å²) in [6, 6.07) is 10.5. The standard InChI is InChI=1S/C20H21N5O2S/c1-4-8-25-13(3)17(19(26)22-16-9-12(2)27-24-16)18(23-20(25)28)15-7-5-6-14(10-15)11-21/h5-7,9-10,18H,4,8H2,1-3H3,(H,23,28)(H,22,24,26). The molecule has 1 amide bonds. The van der Waals surface area contributed by atoms with Gasteiger partial charge < -0.3 is 20.1 Å². The molecule has 2 heterocycles. The third-order valence-corrected chi connectivity index (χ3v) is 4.85. The first-order valence-corrected chi connectivity index (χ1v) is 9.39. The number of benzene rings is 1. The van der Waals surface area contributed by atoms with Gasteiger partial charge in [0, 0.05) is 18.3 Å². The molecule has 1 aliphatic rings. The average molecular weight is 395 g/mol. The summed E-state index contributed by atoms with van der Waals surface area (Å²) in [5.74, 6) is 0.659. The molecule has 8 heteroatoms. The first-order chi connectivity index (χ1) is 13.4. The molecule has 144 valence electrons. The molecule has 1 aromatic heterocycles. The minimum absolute atomic E-state index is 0.297. The van der Waals surface area contributed by atoms with Crippen LogP contribution in [0.2, 0.25) is 0 Å². The number of aromatic nitrogens is 1. The molecular formula is C20H21N5O2S. The Hall–Kier alpha value is -3.18. The highest BCUT2D eigenvalue weighted by Crippen LogP contribution is 2.32. The molecule has 0 saturated carbocycles. The van der Waals surface area contributed by atoms with Crippen molar-refractivity contribution in [2.75, 3.05) is 11.9 Å². The van der Waals surface area contributed by atoms with Crippen LogP contribution in [-0.2, 0) is 4.79 Å². The van der Waals surface area contributed by atoms with E-state index in [-0.39, 0.29) is 5.91 Å². The smallest absolute Gasteiger partial charge is 0.257 e. The maximum absolute atomic E-state index is 13.2. The number of thiocarbonyl (C=S) groups is 1. The molecule has 28 heavy (non-hydrogen) atoms. The van der Waals surface area contributed by atoms with Crippen molar-refractivity contribution < 1.29 is 9.32 Å². The van der Waals surface area contributed by atoms with E-state index in [1.807, 2.05) is 17.9 Å². The fourth-order valence-corrected chi connectivity index (χ4v) is 3.56. The Kier molecular flexibility index (Phi) is 5.76. The van der Waals surface area contributed by atoms with E-state index in [2.05, 4.69) is 28.8 Å². The second kappa shape index (κ2) is 8.23. The summed E-state index contributed by atoms with van der Waals surface area (Å²) in [6.45, 7) is 6.39. The molecule has 0 radical (unpaired) electrons. The van der Waals surface area contributed by atoms with Crippen LogP contribution in [0.5, 0.6) is 0 Å². The van der Waals surface area contributed by atoms with Crippen LogP contribution in [0.1, 0.15) is 43.2 Å². The molecule has 1 unspecified atom stereocenters. The topological polar surface area (TPSA) is 94.2 Å². The zero-order chi connectivity index (χ0) is 20.3. The van der Waals surface area contributed by atoms with Gasteiger partial charge in [0.05, 0.1) is 23.2 Å². The highest BCUT2D eigenvalue weighted by Gasteiger charge is 2.34. The monoisotopic (exact) mass is 395 g/mol. The molecule has 2 aromatic rings. The number of hydrogen-bond donors (Lipinski definition) is 2. The summed E-state index contributed by atoms with van der Waals surface area (Å²) in [5.41, 5.74) is 2.61. The van der Waals surface area contributed by atoms with Gasteiger partial charge in [-0.1, -0.05) is 24.2 Å². The number of nitriles is 1. The largest absolute Gasteiger partial charge is 0.360 e. The second-order valence-corrected chi connectivity index (χ2v) is 6.93. The van der Waals surface area contributed by atoms with Gasteiger partial charge in [0.2, 0.25) is 0 Å². The summed E-state index contributed by atoms with van der Waals surface area (Å²) in [7, 11) is 0. The lowest BCUT2D eigenvalue weighted by molar-refractivity contribution is -0.113. The quantitative estimate of drug-likeness (QED) is 0.749. The Morgan fingerprint density at radius 1 is 1.43 bits per heavy atom. The van der Waals surface area contributed by atoms with Gasteiger partial charge in [-0.05, 0) is 50.2 Å². The number of allylic oxidation sites excluding steroid dienone is 1. The van der Waals surface area contributed by atoms with Gasteiger partial charge in [-0.2, -0.15) is 5.26 Å². The van der Waals surface area contributed by atoms with Crippen molar-refractivity contribution in [1.82, 2.24) is 15.4 Å². The van der Waals surface area contributed by atoms with Crippen LogP contribution in [0.3, 0.4) is 0 Å². The van der Waals surface area contributed by atoms with Crippen LogP contribution < -0.4 is 10.6 Å². The van der Waals surface area contributed by atoms with Gasteiger partial charge in [-0.15, -0.1) is 0 Å². The fourth-order valence-electron chi connectivity index (χ4n) is 3.22. The van der Waals surface area contributed by atoms with Crippen LogP contribution in [0, 0.1) is 18.3 Å². The van der Waals surface area contributed by atoms with E-state index >= 15 is 0 Å². The Balaban J connectivity index is 2.04. The summed E-state index contributed by atoms with van der Waals surface area (Å²) in [6.07, 6.45) is 0.880. The third kappa shape index (κ3) is 3.89. The number of aryl methyl sites for hydroxylation is 1. The lowest BCUT2D eigenvalue weighted by Crippen LogP contribution is -2.48. The van der Waals surface area contributed by atoms with E-state index in [4.69, 9.17) is 16.7 Å². The molecule has 1 aliphatic heterocycles. The molecule has 2 N–H and O–H groups in total. The lowest BCUT2D eigenvalue weighted by Gasteiger charge is -2.37. The molecule has 0 fully saturated rings. The van der Waals surface area contributed by atoms with Gasteiger partial charge in [0.1, 0.15) is 5.76 Å². The van der Waals surface area contributed by atoms with E-state index in [0.29, 0.717) is 34.4 Å². The summed E-state index contributed by atoms with van der Waals surface area (Å²) < 4.78 is 5.03. The molecular weight excluding hydrogens is 374 g/mol. The van der Waals surface area contributed by atoms with Gasteiger partial charge in [-0.3, -0.25) is 4.79 Å². The number of hydrogen-bond acceptors (Lipinski definition) is 5. The number of carbonyl (C=O) groups is 1. The molecule has 1 aromatic carbocycles. The lowest BCUT2D eigenvalue weighted by atomic mass is 9.93. The summed E-state index contributed by atoms with van der Waals surface area (Å²) in [4.78, 5) is 15.1. The van der Waals surface area contributed by atoms with Crippen molar-refractivity contribution >= 4 is 29.1 Å². The maximum Gasteiger partial charge on any atom is 0.257 e. The third-order valence-electron chi connectivity index (χ3n) is 4.51. The number of carbonyl (C=O) groups excluding carboxylic acids is 1. The molecule has 7 nitrogen and oxygen atoms in total. The Labute approximate surface area is 169 Å². The zero-order valence-corrected chi connectivity index (χ0v) is 16.8. The minimum Gasteiger partial charge on any atom is -0.360 e. The van der Waals surface area contributed by atoms with E-state index < -0.39 is 6.04 Å². The fraction of sp³-hybridized carbons (Fsp3) is 0.300. The zero-order valence-electron chi connectivity index (χ0n) is 15.9. The summed E-state index contributed by atoms with van der Waals surface area (Å²) in [5, 5.41) is 19.7. The Bertz CT molecular complexity index is 988. The van der Waals surface area contributed by atoms with Crippen molar-refractivity contribution in [2.45, 2.75) is 33.2 Å². The number of rotatable bonds is 5. The molecule has 0 aliphatic carbocycles. The van der Waals surface area contributed by atoms with Crippen molar-refractivity contribution in [2.24, 2.45) is 0 Å². The molecule has 0 bridgehead atoms. The number of nitrogens with zero attached hydrogens (tertiary/aromatic N) is 3. The Morgan fingerprint density at radius 2 is 2.21 bits per heavy atom. The maximum atomic E-state index is 13.2. The van der Waals surface area contributed by atoms with Gasteiger partial charge in [-0.25, -0.2) is 0 Å². The van der Waals surface area contributed by atoms with E-state index in [1.54, 1.807) is 31.2 Å². The van der Waals surface area contributed by atoms with Crippen molar-refractivity contribution in [3.63, 3.8) is 0 Å². The van der Waals surface area contributed by atoms with E-state index in [9.17, 15) is 10.1 Å². The van der Waals surface area contributed by atoms with Gasteiger partial charge >= 0.3 is 0 Å². The van der Waals surface area contributed by atoms with E-state index in [1.165, 1.54) is 0 Å². The van der Waals surface area contributed by atoms with Crippen molar-refractivity contribution in [1.29, 1.82) is 5.26 Å². The van der Waals surface area contributed by atoms with E-state index in [0.717, 1.165) is 17.7 Å². The minimum atomic E-state index is -0.470. The molecule has 0 spiro atoms. The Morgan fingerprint density at radius 3 is 2.86 bits per heavy atom. The molecule has 0 saturated heterocycles. The number of anilines is 1. The SMILES string of the molecule is CCCN1C(=S)NC(c2cccc(C#N)c2)C(C(=O)Nc2cc(C)on2)=C1C. The van der Waals surface area contributed by atoms with Crippen LogP contribution in [0.25, 0.3) is 0 Å². The molecule has 3 rings (SSSR count). The highest BCUT2D eigenvalue weighted by molar-refractivity contribution is 7.80. The predicted molar refractivity (Wildman–Crippen MR) is 109 cm³/mol. The number of amides is 1. The van der Waals surface area contributed by atoms with Crippen LogP contribution in [-0.4, -0.2) is 27.6 Å². The second-order valence-electron chi connectivity index (χ2n) is 6.55. The average Bonchev–Trinajstić information content (AvgIpc) is 3.09. The highest BCUT2D eigenvalue weighted by atomic mass is 32.1. The predicted octanol–water partition coefficient (Wildman–Crippen LogP) is 3.41. The first-order valence-electron chi connectivity index (χ1n) is 8.98.